The van der Waals surface area contributed by atoms with E-state index >= 15 is 0 Å². The molecule has 0 bridgehead atoms. The number of hydrogen-bond acceptors (Lipinski definition) is 4. The first-order valence-corrected chi connectivity index (χ1v) is 7.98. The fourth-order valence-electron chi connectivity index (χ4n) is 2.55. The predicted octanol–water partition coefficient (Wildman–Crippen LogP) is 2.18. The van der Waals surface area contributed by atoms with Crippen molar-refractivity contribution in [3.05, 3.63) is 52.2 Å². The maximum absolute atomic E-state index is 12.2. The Morgan fingerprint density at radius 3 is 3.10 bits per heavy atom. The summed E-state index contributed by atoms with van der Waals surface area (Å²) < 4.78 is 0. The van der Waals surface area contributed by atoms with Crippen molar-refractivity contribution in [3.63, 3.8) is 0 Å². The number of carbonyl (C=O) groups is 1. The van der Waals surface area contributed by atoms with Gasteiger partial charge in [0.25, 0.3) is 0 Å². The van der Waals surface area contributed by atoms with Crippen molar-refractivity contribution in [2.45, 2.75) is 12.5 Å². The van der Waals surface area contributed by atoms with Crippen molar-refractivity contribution < 1.29 is 9.90 Å². The van der Waals surface area contributed by atoms with E-state index in [2.05, 4.69) is 10.6 Å². The smallest absolute Gasteiger partial charge is 0.225 e. The Morgan fingerprint density at radius 2 is 2.29 bits per heavy atom. The lowest BCUT2D eigenvalue weighted by Gasteiger charge is -2.25. The number of benzene rings is 1. The molecular weight excluding hydrogens is 284 g/mol. The maximum atomic E-state index is 12.2. The van der Waals surface area contributed by atoms with Crippen LogP contribution < -0.4 is 10.6 Å². The maximum Gasteiger partial charge on any atom is 0.225 e. The fourth-order valence-corrected chi connectivity index (χ4v) is 3.26. The van der Waals surface area contributed by atoms with Crippen LogP contribution in [-0.2, 0) is 11.2 Å². The van der Waals surface area contributed by atoms with Crippen LogP contribution >= 0.6 is 11.3 Å². The van der Waals surface area contributed by atoms with Crippen LogP contribution in [0.1, 0.15) is 17.2 Å². The zero-order chi connectivity index (χ0) is 14.7. The molecule has 3 rings (SSSR count). The van der Waals surface area contributed by atoms with E-state index in [1.165, 1.54) is 16.9 Å². The molecule has 0 fully saturated rings. The molecule has 4 nitrogen and oxygen atoms in total. The Bertz CT molecular complexity index is 612. The molecule has 2 aromatic rings. The summed E-state index contributed by atoms with van der Waals surface area (Å²) in [6.07, 6.45) is 0.104. The lowest BCUT2D eigenvalue weighted by molar-refractivity contribution is -0.125. The molecule has 5 heteroatoms. The second-order valence-corrected chi connectivity index (χ2v) is 6.04. The topological polar surface area (TPSA) is 61.4 Å². The summed E-state index contributed by atoms with van der Waals surface area (Å²) in [6.45, 7) is 0.894. The first kappa shape index (κ1) is 14.1. The van der Waals surface area contributed by atoms with E-state index in [1.54, 1.807) is 0 Å². The third-order valence-electron chi connectivity index (χ3n) is 3.79. The Balaban J connectivity index is 1.55. The van der Waals surface area contributed by atoms with Gasteiger partial charge in [-0.25, -0.2) is 0 Å². The van der Waals surface area contributed by atoms with Crippen molar-refractivity contribution >= 4 is 22.9 Å². The van der Waals surface area contributed by atoms with Gasteiger partial charge in [0, 0.05) is 18.8 Å². The molecule has 1 aromatic carbocycles. The lowest BCUT2D eigenvalue weighted by atomic mass is 9.93. The number of para-hydroxylation sites is 1. The third kappa shape index (κ3) is 3.25. The van der Waals surface area contributed by atoms with Crippen LogP contribution in [0.4, 0.5) is 5.69 Å². The van der Waals surface area contributed by atoms with E-state index in [0.717, 1.165) is 17.7 Å². The average molecular weight is 302 g/mol. The van der Waals surface area contributed by atoms with E-state index in [1.807, 2.05) is 41.1 Å². The minimum absolute atomic E-state index is 0.00807. The van der Waals surface area contributed by atoms with Crippen LogP contribution in [0.5, 0.6) is 0 Å². The number of nitrogens with one attached hydrogen (secondary N) is 2. The molecule has 3 N–H and O–H groups in total. The number of thiophene rings is 1. The van der Waals surface area contributed by atoms with Crippen molar-refractivity contribution in [2.75, 3.05) is 18.4 Å². The molecule has 0 radical (unpaired) electrons. The summed E-state index contributed by atoms with van der Waals surface area (Å²) in [5.74, 6) is -0.0964. The molecule has 0 saturated carbocycles. The average Bonchev–Trinajstić information content (AvgIpc) is 3.06. The number of carbonyl (C=O) groups excluding carboxylic acids is 1. The minimum atomic E-state index is -0.635. The highest BCUT2D eigenvalue weighted by Crippen LogP contribution is 2.24. The van der Waals surface area contributed by atoms with Crippen LogP contribution in [0.15, 0.2) is 41.1 Å². The number of aliphatic hydroxyl groups is 1. The fraction of sp³-hybridized carbons (Fsp3) is 0.312. The van der Waals surface area contributed by atoms with Gasteiger partial charge >= 0.3 is 0 Å². The molecule has 1 amide bonds. The van der Waals surface area contributed by atoms with Crippen LogP contribution in [-0.4, -0.2) is 24.1 Å². The summed E-state index contributed by atoms with van der Waals surface area (Å²) in [7, 11) is 0. The molecule has 1 aliphatic heterocycles. The predicted molar refractivity (Wildman–Crippen MR) is 84.4 cm³/mol. The molecule has 110 valence electrons. The molecule has 2 unspecified atom stereocenters. The Morgan fingerprint density at radius 1 is 1.43 bits per heavy atom. The van der Waals surface area contributed by atoms with Gasteiger partial charge in [0.2, 0.25) is 5.91 Å². The van der Waals surface area contributed by atoms with Gasteiger partial charge in [-0.05, 0) is 40.4 Å². The van der Waals surface area contributed by atoms with Gasteiger partial charge in [0.1, 0.15) is 0 Å². The van der Waals surface area contributed by atoms with E-state index in [9.17, 15) is 9.90 Å². The van der Waals surface area contributed by atoms with Crippen LogP contribution in [0.25, 0.3) is 0 Å². The van der Waals surface area contributed by atoms with Crippen molar-refractivity contribution in [3.8, 4) is 0 Å². The van der Waals surface area contributed by atoms with Gasteiger partial charge in [0.05, 0.1) is 12.0 Å². The zero-order valence-corrected chi connectivity index (χ0v) is 12.4. The van der Waals surface area contributed by atoms with Gasteiger partial charge in [-0.1, -0.05) is 18.2 Å². The Labute approximate surface area is 127 Å². The highest BCUT2D eigenvalue weighted by atomic mass is 32.1. The van der Waals surface area contributed by atoms with Crippen molar-refractivity contribution in [2.24, 2.45) is 5.92 Å². The van der Waals surface area contributed by atoms with E-state index in [-0.39, 0.29) is 18.4 Å². The highest BCUT2D eigenvalue weighted by molar-refractivity contribution is 7.07. The van der Waals surface area contributed by atoms with Gasteiger partial charge in [-0.2, -0.15) is 11.3 Å². The van der Waals surface area contributed by atoms with E-state index in [0.29, 0.717) is 6.54 Å². The standard InChI is InChI=1S/C16H18N2O2S/c19-15(12-5-6-21-10-12)9-18-16(20)13-7-11-3-1-2-4-14(11)17-8-13/h1-6,10,13,15,17,19H,7-9H2,(H,18,20). The highest BCUT2D eigenvalue weighted by Gasteiger charge is 2.24. The van der Waals surface area contributed by atoms with Gasteiger partial charge < -0.3 is 15.7 Å². The molecule has 2 atom stereocenters. The Hall–Kier alpha value is -1.85. The zero-order valence-electron chi connectivity index (χ0n) is 11.6. The molecular formula is C16H18N2O2S. The number of anilines is 1. The van der Waals surface area contributed by atoms with Crippen LogP contribution in [0.2, 0.25) is 0 Å². The van der Waals surface area contributed by atoms with Gasteiger partial charge in [-0.3, -0.25) is 4.79 Å². The first-order chi connectivity index (χ1) is 10.2. The van der Waals surface area contributed by atoms with Crippen LogP contribution in [0, 0.1) is 5.92 Å². The van der Waals surface area contributed by atoms with Crippen molar-refractivity contribution in [1.29, 1.82) is 0 Å². The number of amides is 1. The van der Waals surface area contributed by atoms with Gasteiger partial charge in [-0.15, -0.1) is 0 Å². The number of rotatable bonds is 4. The number of fused-ring (bicyclic) bond motifs is 1. The second kappa shape index (κ2) is 6.28. The van der Waals surface area contributed by atoms with Crippen molar-refractivity contribution in [1.82, 2.24) is 5.32 Å². The van der Waals surface area contributed by atoms with Gasteiger partial charge in [0.15, 0.2) is 0 Å². The van der Waals surface area contributed by atoms with E-state index in [4.69, 9.17) is 0 Å². The molecule has 1 aromatic heterocycles. The molecule has 0 saturated heterocycles. The second-order valence-electron chi connectivity index (χ2n) is 5.26. The summed E-state index contributed by atoms with van der Waals surface area (Å²) in [4.78, 5) is 12.2. The number of aliphatic hydroxyl groups excluding tert-OH is 1. The number of hydrogen-bond donors (Lipinski definition) is 3. The Kier molecular flexibility index (Phi) is 4.22. The molecule has 2 heterocycles. The summed E-state index contributed by atoms with van der Waals surface area (Å²) >= 11 is 1.54. The van der Waals surface area contributed by atoms with E-state index < -0.39 is 6.10 Å². The molecule has 0 aliphatic carbocycles. The monoisotopic (exact) mass is 302 g/mol. The minimum Gasteiger partial charge on any atom is -0.387 e. The quantitative estimate of drug-likeness (QED) is 0.811. The summed E-state index contributed by atoms with van der Waals surface area (Å²) in [6, 6.07) is 9.93. The molecule has 0 spiro atoms. The summed E-state index contributed by atoms with van der Waals surface area (Å²) in [5.41, 5.74) is 3.13. The lowest BCUT2D eigenvalue weighted by Crippen LogP contribution is -2.39. The SMILES string of the molecule is O=C(NCC(O)c1ccsc1)C1CNc2ccccc2C1. The normalized spacial score (nSPS) is 18.4. The molecule has 1 aliphatic rings. The molecule has 21 heavy (non-hydrogen) atoms. The van der Waals surface area contributed by atoms with Crippen LogP contribution in [0.3, 0.4) is 0 Å². The summed E-state index contributed by atoms with van der Waals surface area (Å²) in [5, 5.41) is 19.9. The third-order valence-corrected chi connectivity index (χ3v) is 4.49. The largest absolute Gasteiger partial charge is 0.387 e. The first-order valence-electron chi connectivity index (χ1n) is 7.03.